The van der Waals surface area contributed by atoms with Crippen LogP contribution in [0.2, 0.25) is 0 Å². The molecule has 7 heteroatoms. The lowest BCUT2D eigenvalue weighted by atomic mass is 10.2. The molecule has 0 aliphatic rings. The molecule has 6 nitrogen and oxygen atoms in total. The van der Waals surface area contributed by atoms with Gasteiger partial charge in [0.15, 0.2) is 0 Å². The normalized spacial score (nSPS) is 10.3. The number of methoxy groups -OCH3 is 2. The highest BCUT2D eigenvalue weighted by atomic mass is 32.2. The van der Waals surface area contributed by atoms with Crippen LogP contribution in [0, 0.1) is 6.92 Å². The van der Waals surface area contributed by atoms with Gasteiger partial charge in [0.05, 0.1) is 31.3 Å². The van der Waals surface area contributed by atoms with E-state index in [0.29, 0.717) is 28.4 Å². The van der Waals surface area contributed by atoms with Gasteiger partial charge < -0.3 is 20.1 Å². The van der Waals surface area contributed by atoms with Gasteiger partial charge in [-0.05, 0) is 31.2 Å². The molecule has 160 valence electrons. The van der Waals surface area contributed by atoms with Crippen molar-refractivity contribution in [3.63, 3.8) is 0 Å². The van der Waals surface area contributed by atoms with Crippen LogP contribution in [0.15, 0.2) is 71.6 Å². The number of aryl methyl sites for hydroxylation is 1. The molecule has 0 fully saturated rings. The quantitative estimate of drug-likeness (QED) is 0.486. The average Bonchev–Trinajstić information content (AvgIpc) is 2.79. The highest BCUT2D eigenvalue weighted by Gasteiger charge is 2.16. The van der Waals surface area contributed by atoms with E-state index in [9.17, 15) is 9.59 Å². The Morgan fingerprint density at radius 1 is 0.839 bits per heavy atom. The van der Waals surface area contributed by atoms with Crippen molar-refractivity contribution in [3.05, 3.63) is 77.9 Å². The molecule has 0 radical (unpaired) electrons. The molecule has 0 saturated heterocycles. The van der Waals surface area contributed by atoms with Crippen LogP contribution in [0.25, 0.3) is 0 Å². The predicted octanol–water partition coefficient (Wildman–Crippen LogP) is 5.00. The first-order chi connectivity index (χ1) is 15.0. The largest absolute Gasteiger partial charge is 0.494 e. The number of hydrogen-bond acceptors (Lipinski definition) is 5. The zero-order chi connectivity index (χ0) is 22.2. The Balaban J connectivity index is 1.72. The molecule has 3 rings (SSSR count). The van der Waals surface area contributed by atoms with E-state index < -0.39 is 0 Å². The summed E-state index contributed by atoms with van der Waals surface area (Å²) in [6.45, 7) is 2.02. The van der Waals surface area contributed by atoms with Gasteiger partial charge in [-0.25, -0.2) is 0 Å². The van der Waals surface area contributed by atoms with Crippen LogP contribution in [-0.4, -0.2) is 31.8 Å². The van der Waals surface area contributed by atoms with Gasteiger partial charge in [-0.3, -0.25) is 9.59 Å². The number of nitrogens with one attached hydrogen (secondary N) is 2. The number of benzene rings is 3. The third-order valence-electron chi connectivity index (χ3n) is 4.47. The number of carbonyl (C=O) groups is 2. The topological polar surface area (TPSA) is 76.7 Å². The number of anilines is 2. The van der Waals surface area contributed by atoms with Crippen LogP contribution in [0.4, 0.5) is 11.4 Å². The fourth-order valence-electron chi connectivity index (χ4n) is 2.85. The monoisotopic (exact) mass is 436 g/mol. The second kappa shape index (κ2) is 10.5. The van der Waals surface area contributed by atoms with Gasteiger partial charge >= 0.3 is 0 Å². The fourth-order valence-corrected chi connectivity index (χ4v) is 3.55. The summed E-state index contributed by atoms with van der Waals surface area (Å²) < 4.78 is 10.8. The van der Waals surface area contributed by atoms with Crippen molar-refractivity contribution in [3.8, 4) is 11.5 Å². The van der Waals surface area contributed by atoms with Crippen LogP contribution < -0.4 is 20.1 Å². The molecule has 0 unspecified atom stereocenters. The molecular formula is C24H24N2O4S. The van der Waals surface area contributed by atoms with Gasteiger partial charge in [0.25, 0.3) is 5.91 Å². The lowest BCUT2D eigenvalue weighted by molar-refractivity contribution is -0.113. The van der Waals surface area contributed by atoms with Crippen molar-refractivity contribution in [1.29, 1.82) is 0 Å². The SMILES string of the molecule is COc1cc(NC(=O)c2ccccc2)c(OC)cc1NC(=O)CSc1ccc(C)cc1. The Labute approximate surface area is 186 Å². The standard InChI is InChI=1S/C24H24N2O4S/c1-16-9-11-18(12-10-16)31-15-23(27)25-19-13-22(30-3)20(14-21(19)29-2)26-24(28)17-7-5-4-6-8-17/h4-14H,15H2,1-3H3,(H,25,27)(H,26,28). The van der Waals surface area contributed by atoms with Gasteiger partial charge in [0.1, 0.15) is 11.5 Å². The summed E-state index contributed by atoms with van der Waals surface area (Å²) in [4.78, 5) is 26.0. The summed E-state index contributed by atoms with van der Waals surface area (Å²) in [5.41, 5.74) is 2.60. The second-order valence-corrected chi connectivity index (χ2v) is 7.77. The molecule has 0 atom stereocenters. The molecule has 0 aliphatic carbocycles. The summed E-state index contributed by atoms with van der Waals surface area (Å²) >= 11 is 1.45. The Kier molecular flexibility index (Phi) is 7.56. The molecule has 31 heavy (non-hydrogen) atoms. The second-order valence-electron chi connectivity index (χ2n) is 6.72. The number of thioether (sulfide) groups is 1. The summed E-state index contributed by atoms with van der Waals surface area (Å²) in [7, 11) is 3.00. The van der Waals surface area contributed by atoms with Crippen LogP contribution in [-0.2, 0) is 4.79 Å². The molecule has 2 N–H and O–H groups in total. The Bertz CT molecular complexity index is 1050. The molecular weight excluding hydrogens is 412 g/mol. The van der Waals surface area contributed by atoms with Crippen molar-refractivity contribution < 1.29 is 19.1 Å². The van der Waals surface area contributed by atoms with Crippen LogP contribution in [0.3, 0.4) is 0 Å². The van der Waals surface area contributed by atoms with Gasteiger partial charge in [0, 0.05) is 22.6 Å². The number of hydrogen-bond donors (Lipinski definition) is 2. The predicted molar refractivity (Wildman–Crippen MR) is 124 cm³/mol. The number of ether oxygens (including phenoxy) is 2. The molecule has 0 spiro atoms. The van der Waals surface area contributed by atoms with Crippen LogP contribution in [0.1, 0.15) is 15.9 Å². The summed E-state index contributed by atoms with van der Waals surface area (Å²) in [6, 6.07) is 20.1. The van der Waals surface area contributed by atoms with Gasteiger partial charge in [-0.1, -0.05) is 35.9 Å². The third-order valence-corrected chi connectivity index (χ3v) is 5.48. The molecule has 0 aliphatic heterocycles. The Morgan fingerprint density at radius 2 is 1.42 bits per heavy atom. The van der Waals surface area contributed by atoms with Gasteiger partial charge in [-0.2, -0.15) is 0 Å². The van der Waals surface area contributed by atoms with E-state index in [1.54, 1.807) is 36.4 Å². The smallest absolute Gasteiger partial charge is 0.255 e. The zero-order valence-electron chi connectivity index (χ0n) is 17.6. The van der Waals surface area contributed by atoms with Crippen molar-refractivity contribution in [2.24, 2.45) is 0 Å². The highest BCUT2D eigenvalue weighted by Crippen LogP contribution is 2.37. The summed E-state index contributed by atoms with van der Waals surface area (Å²) in [5.74, 6) is 0.629. The maximum absolute atomic E-state index is 12.5. The molecule has 0 bridgehead atoms. The van der Waals surface area contributed by atoms with E-state index in [-0.39, 0.29) is 17.6 Å². The number of amides is 2. The summed E-state index contributed by atoms with van der Waals surface area (Å²) in [6.07, 6.45) is 0. The Morgan fingerprint density at radius 3 is 2.00 bits per heavy atom. The molecule has 3 aromatic carbocycles. The van der Waals surface area contributed by atoms with E-state index in [4.69, 9.17) is 9.47 Å². The van der Waals surface area contributed by atoms with E-state index in [2.05, 4.69) is 10.6 Å². The molecule has 0 saturated carbocycles. The zero-order valence-corrected chi connectivity index (χ0v) is 18.4. The van der Waals surface area contributed by atoms with E-state index in [1.165, 1.54) is 31.5 Å². The lowest BCUT2D eigenvalue weighted by Gasteiger charge is -2.16. The molecule has 0 heterocycles. The molecule has 0 aromatic heterocycles. The van der Waals surface area contributed by atoms with E-state index in [1.807, 2.05) is 37.3 Å². The third kappa shape index (κ3) is 6.02. The minimum atomic E-state index is -0.271. The van der Waals surface area contributed by atoms with E-state index in [0.717, 1.165) is 4.90 Å². The lowest BCUT2D eigenvalue weighted by Crippen LogP contribution is -2.16. The molecule has 3 aromatic rings. The van der Waals surface area contributed by atoms with Crippen molar-refractivity contribution in [2.45, 2.75) is 11.8 Å². The maximum Gasteiger partial charge on any atom is 0.255 e. The van der Waals surface area contributed by atoms with Gasteiger partial charge in [0.2, 0.25) is 5.91 Å². The number of carbonyl (C=O) groups excluding carboxylic acids is 2. The first-order valence-corrected chi connectivity index (χ1v) is 10.6. The minimum Gasteiger partial charge on any atom is -0.494 e. The number of rotatable bonds is 8. The Hall–Kier alpha value is -3.45. The van der Waals surface area contributed by atoms with E-state index >= 15 is 0 Å². The van der Waals surface area contributed by atoms with Crippen molar-refractivity contribution in [1.82, 2.24) is 0 Å². The summed E-state index contributed by atoms with van der Waals surface area (Å²) in [5, 5.41) is 5.68. The minimum absolute atomic E-state index is 0.174. The van der Waals surface area contributed by atoms with Crippen molar-refractivity contribution >= 4 is 35.0 Å². The molecule has 2 amide bonds. The first kappa shape index (κ1) is 22.2. The average molecular weight is 437 g/mol. The van der Waals surface area contributed by atoms with Crippen LogP contribution >= 0.6 is 11.8 Å². The van der Waals surface area contributed by atoms with Crippen LogP contribution in [0.5, 0.6) is 11.5 Å². The van der Waals surface area contributed by atoms with Gasteiger partial charge in [-0.15, -0.1) is 11.8 Å². The first-order valence-electron chi connectivity index (χ1n) is 9.62. The maximum atomic E-state index is 12.5. The fraction of sp³-hybridized carbons (Fsp3) is 0.167. The highest BCUT2D eigenvalue weighted by molar-refractivity contribution is 8.00. The van der Waals surface area contributed by atoms with Crippen molar-refractivity contribution in [2.75, 3.05) is 30.6 Å².